The van der Waals surface area contributed by atoms with E-state index in [4.69, 9.17) is 6.58 Å². The fourth-order valence-corrected chi connectivity index (χ4v) is 2.03. The second kappa shape index (κ2) is 8.62. The van der Waals surface area contributed by atoms with E-state index in [1.165, 1.54) is 12.8 Å². The summed E-state index contributed by atoms with van der Waals surface area (Å²) in [6, 6.07) is 0.612. The van der Waals surface area contributed by atoms with Gasteiger partial charge in [-0.25, -0.2) is 12.3 Å². The Kier molecular flexibility index (Phi) is 6.63. The Hall–Kier alpha value is -2.44. The normalized spacial score (nSPS) is 15.5. The molecule has 1 aliphatic rings. The van der Waals surface area contributed by atoms with Crippen molar-refractivity contribution in [3.63, 3.8) is 0 Å². The Morgan fingerprint density at radius 2 is 1.68 bits per heavy atom. The molecule has 0 aromatic heterocycles. The molecule has 1 fully saturated rings. The van der Waals surface area contributed by atoms with Gasteiger partial charge in [-0.15, -0.1) is 5.73 Å². The van der Waals surface area contributed by atoms with Crippen LogP contribution in [0, 0.1) is 12.5 Å². The van der Waals surface area contributed by atoms with Crippen LogP contribution < -0.4 is 0 Å². The van der Waals surface area contributed by atoms with Crippen LogP contribution in [-0.4, -0.2) is 17.5 Å². The standard InChI is InChI=1S/C18H16N/c1-4-5-6-7-8-9-10-11-12-15-19-16-13-14-18(19)17(2)3/h1,15,17-18H,13-14,16H2,2-3H3/q-1. The summed E-state index contributed by atoms with van der Waals surface area (Å²) in [4.78, 5) is 2.31. The van der Waals surface area contributed by atoms with Crippen LogP contribution in [0.1, 0.15) is 26.7 Å². The van der Waals surface area contributed by atoms with Gasteiger partial charge in [0.25, 0.3) is 0 Å². The van der Waals surface area contributed by atoms with Gasteiger partial charge in [-0.05, 0) is 53.1 Å². The molecule has 0 bridgehead atoms. The van der Waals surface area contributed by atoms with Crippen LogP contribution >= 0.6 is 0 Å². The molecule has 0 amide bonds. The highest BCUT2D eigenvalue weighted by molar-refractivity contribution is 4.94. The zero-order chi connectivity index (χ0) is 13.9. The first kappa shape index (κ1) is 14.6. The molecule has 0 aromatic carbocycles. The molecular formula is C18H16N-. The van der Waals surface area contributed by atoms with Crippen molar-refractivity contribution in [1.29, 1.82) is 0 Å². The third-order valence-corrected chi connectivity index (χ3v) is 2.86. The smallest absolute Gasteiger partial charge is 0.0518 e. The van der Waals surface area contributed by atoms with Crippen LogP contribution in [0.5, 0.6) is 0 Å². The Bertz CT molecular complexity index is 638. The highest BCUT2D eigenvalue weighted by Gasteiger charge is 2.23. The quantitative estimate of drug-likeness (QED) is 0.533. The summed E-state index contributed by atoms with van der Waals surface area (Å²) in [6.45, 7) is 10.5. The van der Waals surface area contributed by atoms with Crippen LogP contribution in [0.3, 0.4) is 0 Å². The van der Waals surface area contributed by atoms with Crippen molar-refractivity contribution in [2.45, 2.75) is 32.7 Å². The van der Waals surface area contributed by atoms with Crippen molar-refractivity contribution in [3.05, 3.63) is 64.4 Å². The van der Waals surface area contributed by atoms with Crippen LogP contribution in [0.4, 0.5) is 0 Å². The van der Waals surface area contributed by atoms with Crippen molar-refractivity contribution >= 4 is 0 Å². The Balaban J connectivity index is 2.90. The maximum Gasteiger partial charge on any atom is 0.0518 e. The lowest BCUT2D eigenvalue weighted by molar-refractivity contribution is 0.280. The molecule has 0 N–H and O–H groups in total. The lowest BCUT2D eigenvalue weighted by atomic mass is 10.0. The van der Waals surface area contributed by atoms with E-state index in [-0.39, 0.29) is 0 Å². The Morgan fingerprint density at radius 1 is 1.05 bits per heavy atom. The third kappa shape index (κ3) is 5.62. The van der Waals surface area contributed by atoms with Crippen molar-refractivity contribution in [2.75, 3.05) is 6.54 Å². The lowest BCUT2D eigenvalue weighted by Gasteiger charge is -2.24. The van der Waals surface area contributed by atoms with Gasteiger partial charge in [-0.3, -0.25) is 5.73 Å². The number of hydrogen-bond donors (Lipinski definition) is 0. The molecule has 1 saturated heterocycles. The van der Waals surface area contributed by atoms with Crippen molar-refractivity contribution in [1.82, 2.24) is 4.90 Å². The molecule has 1 aliphatic heterocycles. The largest absolute Gasteiger partial charge is 0.367 e. The van der Waals surface area contributed by atoms with Crippen molar-refractivity contribution in [3.8, 4) is 0 Å². The fraction of sp³-hybridized carbons (Fsp3) is 0.389. The first-order chi connectivity index (χ1) is 9.25. The van der Waals surface area contributed by atoms with Crippen molar-refractivity contribution < 1.29 is 0 Å². The number of nitrogens with zero attached hydrogens (tertiary/aromatic N) is 1. The van der Waals surface area contributed by atoms with Gasteiger partial charge in [0.2, 0.25) is 0 Å². The van der Waals surface area contributed by atoms with E-state index in [1.807, 2.05) is 6.20 Å². The molecular weight excluding hydrogens is 230 g/mol. The molecule has 0 radical (unpaired) electrons. The van der Waals surface area contributed by atoms with Gasteiger partial charge in [-0.1, -0.05) is 13.8 Å². The van der Waals surface area contributed by atoms with E-state index in [1.54, 1.807) is 0 Å². The van der Waals surface area contributed by atoms with Crippen LogP contribution in [0.15, 0.2) is 57.8 Å². The molecule has 1 rings (SSSR count). The monoisotopic (exact) mass is 246 g/mol. The van der Waals surface area contributed by atoms with Gasteiger partial charge in [0.05, 0.1) is 6.20 Å². The van der Waals surface area contributed by atoms with E-state index < -0.39 is 0 Å². The zero-order valence-electron chi connectivity index (χ0n) is 11.4. The summed E-state index contributed by atoms with van der Waals surface area (Å²) in [7, 11) is 0. The third-order valence-electron chi connectivity index (χ3n) is 2.86. The molecule has 1 nitrogen and oxygen atoms in total. The van der Waals surface area contributed by atoms with Crippen LogP contribution in [0.2, 0.25) is 0 Å². The highest BCUT2D eigenvalue weighted by atomic mass is 15.2. The maximum absolute atomic E-state index is 4.94. The molecule has 0 spiro atoms. The molecule has 1 unspecified atom stereocenters. The van der Waals surface area contributed by atoms with E-state index in [2.05, 4.69) is 70.3 Å². The van der Waals surface area contributed by atoms with Gasteiger partial charge in [0.1, 0.15) is 0 Å². The number of rotatable bonds is 2. The summed E-state index contributed by atoms with van der Waals surface area (Å²) < 4.78 is 0. The average Bonchev–Trinajstić information content (AvgIpc) is 2.85. The van der Waals surface area contributed by atoms with Gasteiger partial charge in [0.15, 0.2) is 0 Å². The molecule has 0 aliphatic carbocycles. The molecule has 1 atom stereocenters. The predicted octanol–water partition coefficient (Wildman–Crippen LogP) is 3.45. The second-order valence-corrected chi connectivity index (χ2v) is 4.48. The number of likely N-dealkylation sites (tertiary alicyclic amines) is 1. The van der Waals surface area contributed by atoms with Crippen LogP contribution in [-0.2, 0) is 0 Å². The van der Waals surface area contributed by atoms with Gasteiger partial charge >= 0.3 is 0 Å². The minimum absolute atomic E-state index is 0.612. The fourth-order valence-electron chi connectivity index (χ4n) is 2.03. The average molecular weight is 246 g/mol. The van der Waals surface area contributed by atoms with Crippen LogP contribution in [0.25, 0.3) is 0 Å². The predicted molar refractivity (Wildman–Crippen MR) is 75.1 cm³/mol. The molecule has 94 valence electrons. The first-order valence-corrected chi connectivity index (χ1v) is 6.31. The topological polar surface area (TPSA) is 3.24 Å². The molecule has 0 aromatic rings. The maximum atomic E-state index is 4.94. The van der Waals surface area contributed by atoms with E-state index in [9.17, 15) is 0 Å². The first-order valence-electron chi connectivity index (χ1n) is 6.31. The van der Waals surface area contributed by atoms with E-state index in [0.29, 0.717) is 12.0 Å². The summed E-state index contributed by atoms with van der Waals surface area (Å²) in [5.41, 5.74) is 23.1. The highest BCUT2D eigenvalue weighted by Crippen LogP contribution is 2.23. The van der Waals surface area contributed by atoms with Gasteiger partial charge in [0, 0.05) is 12.6 Å². The van der Waals surface area contributed by atoms with Crippen molar-refractivity contribution in [2.24, 2.45) is 5.92 Å². The Morgan fingerprint density at radius 3 is 2.32 bits per heavy atom. The van der Waals surface area contributed by atoms with Gasteiger partial charge in [-0.2, -0.15) is 0 Å². The molecule has 19 heavy (non-hydrogen) atoms. The zero-order valence-corrected chi connectivity index (χ0v) is 11.4. The lowest BCUT2D eigenvalue weighted by Crippen LogP contribution is -2.28. The minimum Gasteiger partial charge on any atom is -0.367 e. The summed E-state index contributed by atoms with van der Waals surface area (Å²) in [5.74, 6) is 0.659. The summed E-state index contributed by atoms with van der Waals surface area (Å²) in [5, 5.41) is 0. The summed E-state index contributed by atoms with van der Waals surface area (Å²) >= 11 is 0. The molecule has 1 heteroatoms. The molecule has 0 saturated carbocycles. The second-order valence-electron chi connectivity index (χ2n) is 4.48. The Labute approximate surface area is 115 Å². The van der Waals surface area contributed by atoms with E-state index >= 15 is 0 Å². The van der Waals surface area contributed by atoms with E-state index in [0.717, 1.165) is 6.54 Å². The molecule has 1 heterocycles. The van der Waals surface area contributed by atoms with Gasteiger partial charge < -0.3 is 4.90 Å². The number of hydrogen-bond acceptors (Lipinski definition) is 1. The SMILES string of the molecule is [CH-]=C=C=C=C=C=C=C=C=C=CN1CCCC1C(C)C. The summed E-state index contributed by atoms with van der Waals surface area (Å²) in [6.07, 6.45) is 4.44. The minimum atomic E-state index is 0.612.